The van der Waals surface area contributed by atoms with Crippen LogP contribution in [-0.2, 0) is 0 Å². The van der Waals surface area contributed by atoms with E-state index in [0.29, 0.717) is 11.7 Å². The molecule has 0 radical (unpaired) electrons. The predicted molar refractivity (Wildman–Crippen MR) is 75.7 cm³/mol. The van der Waals surface area contributed by atoms with Crippen molar-refractivity contribution in [3.63, 3.8) is 0 Å². The first-order valence-electron chi connectivity index (χ1n) is 5.92. The molecule has 4 nitrogen and oxygen atoms in total. The van der Waals surface area contributed by atoms with Gasteiger partial charge in [0.25, 0.3) is 5.91 Å². The summed E-state index contributed by atoms with van der Waals surface area (Å²) in [6.07, 6.45) is 4.18. The van der Waals surface area contributed by atoms with Gasteiger partial charge in [-0.3, -0.25) is 4.79 Å². The van der Waals surface area contributed by atoms with E-state index in [9.17, 15) is 4.79 Å². The fraction of sp³-hybridized carbons (Fsp3) is 0.583. The number of halogens is 1. The van der Waals surface area contributed by atoms with Gasteiger partial charge in [0.05, 0.1) is 0 Å². The molecular formula is C12H19ClN2O2S. The molecule has 0 saturated carbocycles. The molecule has 1 unspecified atom stereocenters. The topological polar surface area (TPSA) is 54.3 Å². The van der Waals surface area contributed by atoms with Crippen molar-refractivity contribution < 1.29 is 9.21 Å². The number of carbonyl (C=O) groups is 1. The van der Waals surface area contributed by atoms with Gasteiger partial charge in [-0.25, -0.2) is 0 Å². The molecule has 1 aliphatic heterocycles. The maximum Gasteiger partial charge on any atom is 0.287 e. The predicted octanol–water partition coefficient (Wildman–Crippen LogP) is 2.15. The average Bonchev–Trinajstić information content (AvgIpc) is 2.99. The third-order valence-electron chi connectivity index (χ3n) is 3.01. The van der Waals surface area contributed by atoms with Crippen molar-refractivity contribution in [1.29, 1.82) is 0 Å². The number of nitrogens with one attached hydrogen (secondary N) is 2. The van der Waals surface area contributed by atoms with Crippen molar-refractivity contribution in [1.82, 2.24) is 10.6 Å². The van der Waals surface area contributed by atoms with Crippen LogP contribution in [0.4, 0.5) is 0 Å². The second kappa shape index (κ2) is 7.71. The second-order valence-corrected chi connectivity index (χ2v) is 5.04. The van der Waals surface area contributed by atoms with E-state index < -0.39 is 0 Å². The average molecular weight is 291 g/mol. The SMILES string of the molecule is CSc1ccc(C(=O)NCCC2CCNC2)o1.Cl. The highest BCUT2D eigenvalue weighted by atomic mass is 35.5. The monoisotopic (exact) mass is 290 g/mol. The van der Waals surface area contributed by atoms with Crippen LogP contribution in [0.2, 0.25) is 0 Å². The van der Waals surface area contributed by atoms with Crippen LogP contribution in [0.3, 0.4) is 0 Å². The van der Waals surface area contributed by atoms with Crippen LogP contribution >= 0.6 is 24.2 Å². The number of furan rings is 1. The molecular weight excluding hydrogens is 272 g/mol. The first kappa shape index (κ1) is 15.4. The van der Waals surface area contributed by atoms with Crippen molar-refractivity contribution in [3.8, 4) is 0 Å². The maximum absolute atomic E-state index is 11.7. The summed E-state index contributed by atoms with van der Waals surface area (Å²) in [5.74, 6) is 0.990. The Morgan fingerprint density at radius 1 is 1.61 bits per heavy atom. The zero-order valence-electron chi connectivity index (χ0n) is 10.4. The van der Waals surface area contributed by atoms with E-state index in [1.165, 1.54) is 18.2 Å². The maximum atomic E-state index is 11.7. The molecule has 1 saturated heterocycles. The van der Waals surface area contributed by atoms with E-state index in [2.05, 4.69) is 10.6 Å². The van der Waals surface area contributed by atoms with Crippen LogP contribution in [0.1, 0.15) is 23.4 Å². The number of hydrogen-bond acceptors (Lipinski definition) is 4. The van der Waals surface area contributed by atoms with Crippen molar-refractivity contribution in [2.24, 2.45) is 5.92 Å². The molecule has 1 aromatic rings. The zero-order chi connectivity index (χ0) is 12.1. The van der Waals surface area contributed by atoms with E-state index in [0.717, 1.165) is 31.1 Å². The summed E-state index contributed by atoms with van der Waals surface area (Å²) in [6.45, 7) is 2.90. The molecule has 1 fully saturated rings. The molecule has 2 heterocycles. The summed E-state index contributed by atoms with van der Waals surface area (Å²) in [4.78, 5) is 11.7. The lowest BCUT2D eigenvalue weighted by Crippen LogP contribution is -2.26. The van der Waals surface area contributed by atoms with Gasteiger partial charge in [-0.05, 0) is 50.2 Å². The van der Waals surface area contributed by atoms with Gasteiger partial charge in [-0.1, -0.05) is 11.8 Å². The van der Waals surface area contributed by atoms with Gasteiger partial charge in [-0.2, -0.15) is 0 Å². The van der Waals surface area contributed by atoms with Gasteiger partial charge in [0.15, 0.2) is 10.9 Å². The van der Waals surface area contributed by atoms with Crippen LogP contribution in [-0.4, -0.2) is 31.8 Å². The number of amides is 1. The number of carbonyl (C=O) groups excluding carboxylic acids is 1. The molecule has 1 aliphatic rings. The quantitative estimate of drug-likeness (QED) is 0.816. The highest BCUT2D eigenvalue weighted by molar-refractivity contribution is 7.98. The highest BCUT2D eigenvalue weighted by Crippen LogP contribution is 2.18. The number of hydrogen-bond donors (Lipinski definition) is 2. The van der Waals surface area contributed by atoms with Crippen LogP contribution in [0, 0.1) is 5.92 Å². The Morgan fingerprint density at radius 3 is 3.06 bits per heavy atom. The van der Waals surface area contributed by atoms with E-state index in [1.54, 1.807) is 6.07 Å². The Hall–Kier alpha value is -0.650. The summed E-state index contributed by atoms with van der Waals surface area (Å²) in [5.41, 5.74) is 0. The summed E-state index contributed by atoms with van der Waals surface area (Å²) in [7, 11) is 0. The van der Waals surface area contributed by atoms with Gasteiger partial charge in [-0.15, -0.1) is 12.4 Å². The van der Waals surface area contributed by atoms with Crippen molar-refractivity contribution in [3.05, 3.63) is 17.9 Å². The van der Waals surface area contributed by atoms with Crippen LogP contribution in [0.25, 0.3) is 0 Å². The molecule has 0 aromatic carbocycles. The van der Waals surface area contributed by atoms with Gasteiger partial charge in [0, 0.05) is 6.54 Å². The van der Waals surface area contributed by atoms with Crippen LogP contribution in [0.15, 0.2) is 21.6 Å². The summed E-state index contributed by atoms with van der Waals surface area (Å²) < 4.78 is 5.36. The smallest absolute Gasteiger partial charge is 0.287 e. The Bertz CT molecular complexity index is 378. The van der Waals surface area contributed by atoms with E-state index in [-0.39, 0.29) is 18.3 Å². The molecule has 1 amide bonds. The zero-order valence-corrected chi connectivity index (χ0v) is 12.0. The fourth-order valence-electron chi connectivity index (χ4n) is 1.99. The van der Waals surface area contributed by atoms with Crippen molar-refractivity contribution in [2.45, 2.75) is 17.9 Å². The summed E-state index contributed by atoms with van der Waals surface area (Å²) in [5, 5.41) is 6.99. The molecule has 2 rings (SSSR count). The summed E-state index contributed by atoms with van der Waals surface area (Å²) in [6, 6.07) is 3.54. The summed E-state index contributed by atoms with van der Waals surface area (Å²) >= 11 is 1.50. The molecule has 0 spiro atoms. The molecule has 2 N–H and O–H groups in total. The fourth-order valence-corrected chi connectivity index (χ4v) is 2.37. The van der Waals surface area contributed by atoms with Gasteiger partial charge in [0.1, 0.15) is 0 Å². The number of rotatable bonds is 5. The lowest BCUT2D eigenvalue weighted by molar-refractivity contribution is 0.0919. The minimum absolute atomic E-state index is 0. The van der Waals surface area contributed by atoms with Crippen LogP contribution < -0.4 is 10.6 Å². The Morgan fingerprint density at radius 2 is 2.44 bits per heavy atom. The van der Waals surface area contributed by atoms with E-state index >= 15 is 0 Å². The third-order valence-corrected chi connectivity index (χ3v) is 3.63. The largest absolute Gasteiger partial charge is 0.445 e. The van der Waals surface area contributed by atoms with E-state index in [4.69, 9.17) is 4.42 Å². The van der Waals surface area contributed by atoms with Crippen LogP contribution in [0.5, 0.6) is 0 Å². The second-order valence-electron chi connectivity index (χ2n) is 4.23. The van der Waals surface area contributed by atoms with Gasteiger partial charge < -0.3 is 15.1 Å². The third kappa shape index (κ3) is 4.23. The lowest BCUT2D eigenvalue weighted by Gasteiger charge is -2.08. The molecule has 6 heteroatoms. The van der Waals surface area contributed by atoms with Gasteiger partial charge in [0.2, 0.25) is 0 Å². The molecule has 1 atom stereocenters. The lowest BCUT2D eigenvalue weighted by atomic mass is 10.1. The molecule has 102 valence electrons. The number of thioether (sulfide) groups is 1. The van der Waals surface area contributed by atoms with Crippen molar-refractivity contribution in [2.75, 3.05) is 25.9 Å². The minimum Gasteiger partial charge on any atom is -0.445 e. The first-order chi connectivity index (χ1) is 8.29. The normalized spacial score (nSPS) is 18.4. The molecule has 18 heavy (non-hydrogen) atoms. The molecule has 1 aromatic heterocycles. The Labute approximate surface area is 118 Å². The molecule has 0 aliphatic carbocycles. The Balaban J connectivity index is 0.00000162. The van der Waals surface area contributed by atoms with E-state index in [1.807, 2.05) is 12.3 Å². The highest BCUT2D eigenvalue weighted by Gasteiger charge is 2.15. The van der Waals surface area contributed by atoms with Gasteiger partial charge >= 0.3 is 0 Å². The molecule has 0 bridgehead atoms. The first-order valence-corrected chi connectivity index (χ1v) is 7.15. The standard InChI is InChI=1S/C12H18N2O2S.ClH/c1-17-11-3-2-10(16-11)12(15)14-7-5-9-4-6-13-8-9;/h2-3,9,13H,4-8H2,1H3,(H,14,15);1H. The van der Waals surface area contributed by atoms with Crippen molar-refractivity contribution >= 4 is 30.1 Å². The minimum atomic E-state index is -0.115. The Kier molecular flexibility index (Phi) is 6.60.